The van der Waals surface area contributed by atoms with Gasteiger partial charge in [0.05, 0.1) is 18.1 Å². The molecule has 0 radical (unpaired) electrons. The number of aryl methyl sites for hydroxylation is 1. The molecule has 0 amide bonds. The van der Waals surface area contributed by atoms with Crippen molar-refractivity contribution < 1.29 is 18.9 Å². The number of methoxy groups -OCH3 is 1. The van der Waals surface area contributed by atoms with Crippen molar-refractivity contribution >= 4 is 30.7 Å². The van der Waals surface area contributed by atoms with Crippen molar-refractivity contribution in [3.63, 3.8) is 0 Å². The predicted octanol–water partition coefficient (Wildman–Crippen LogP) is 4.67. The number of rotatable bonds is 9. The Balaban J connectivity index is 2.29. The molecule has 0 heterocycles. The van der Waals surface area contributed by atoms with Gasteiger partial charge in [-0.1, -0.05) is 81.4 Å². The van der Waals surface area contributed by atoms with Crippen molar-refractivity contribution in [2.75, 3.05) is 7.11 Å². The summed E-state index contributed by atoms with van der Waals surface area (Å²) in [6, 6.07) is 23.2. The zero-order chi connectivity index (χ0) is 24.1. The van der Waals surface area contributed by atoms with E-state index < -0.39 is 13.2 Å². The summed E-state index contributed by atoms with van der Waals surface area (Å²) in [4.78, 5) is 22.3. The van der Waals surface area contributed by atoms with E-state index in [4.69, 9.17) is 9.16 Å². The van der Waals surface area contributed by atoms with Gasteiger partial charge in [-0.05, 0) is 27.9 Å². The molecule has 172 valence electrons. The van der Waals surface area contributed by atoms with Crippen LogP contribution in [0.3, 0.4) is 0 Å². The predicted molar refractivity (Wildman–Crippen MR) is 132 cm³/mol. The molecule has 0 spiro atoms. The number of aldehydes is 1. The highest BCUT2D eigenvalue weighted by atomic mass is 28.4. The van der Waals surface area contributed by atoms with E-state index in [1.807, 2.05) is 36.4 Å². The monoisotopic (exact) mass is 463 g/mol. The Morgan fingerprint density at radius 1 is 0.939 bits per heavy atom. The average Bonchev–Trinajstić information content (AvgIpc) is 2.81. The van der Waals surface area contributed by atoms with Crippen molar-refractivity contribution in [1.82, 2.24) is 0 Å². The summed E-state index contributed by atoms with van der Waals surface area (Å²) in [5, 5.41) is 13.7. The van der Waals surface area contributed by atoms with Gasteiger partial charge in [-0.3, -0.25) is 10.1 Å². The minimum Gasteiger partial charge on any atom is -0.531 e. The number of carbonyl (C=O) groups excluding carboxylic acids is 1. The Kier molecular flexibility index (Phi) is 7.33. The second-order valence-electron chi connectivity index (χ2n) is 8.86. The smallest absolute Gasteiger partial charge is 0.320 e. The van der Waals surface area contributed by atoms with Crippen LogP contribution in [0.4, 0.5) is 5.69 Å². The second-order valence-corrected chi connectivity index (χ2v) is 13.1. The lowest BCUT2D eigenvalue weighted by atomic mass is 10.1. The Hall–Kier alpha value is -3.45. The molecule has 0 aromatic heterocycles. The molecule has 0 saturated heterocycles. The van der Waals surface area contributed by atoms with Crippen LogP contribution in [0.5, 0.6) is 11.5 Å². The van der Waals surface area contributed by atoms with E-state index in [-0.39, 0.29) is 23.6 Å². The van der Waals surface area contributed by atoms with Crippen LogP contribution < -0.4 is 19.5 Å². The van der Waals surface area contributed by atoms with Gasteiger partial charge in [0, 0.05) is 12.0 Å². The molecule has 3 rings (SSSR count). The van der Waals surface area contributed by atoms with Crippen LogP contribution in [-0.2, 0) is 11.2 Å². The Labute approximate surface area is 195 Å². The number of benzene rings is 3. The molecule has 0 aliphatic heterocycles. The largest absolute Gasteiger partial charge is 0.531 e. The fourth-order valence-corrected chi connectivity index (χ4v) is 8.65. The molecule has 0 bridgehead atoms. The summed E-state index contributed by atoms with van der Waals surface area (Å²) in [5.74, 6) is 0.739. The number of nitrogens with zero attached hydrogens (tertiary/aromatic N) is 1. The molecule has 0 N–H and O–H groups in total. The molecule has 0 saturated carbocycles. The van der Waals surface area contributed by atoms with Crippen LogP contribution >= 0.6 is 0 Å². The molecule has 0 unspecified atom stereocenters. The number of hydrogen-bond donors (Lipinski definition) is 0. The van der Waals surface area contributed by atoms with Crippen molar-refractivity contribution in [1.29, 1.82) is 0 Å². The van der Waals surface area contributed by atoms with Crippen molar-refractivity contribution in [2.45, 2.75) is 38.7 Å². The Bertz CT molecular complexity index is 1070. The second kappa shape index (κ2) is 10.00. The molecule has 0 fully saturated rings. The molecular formula is C26H29NO5Si. The number of ether oxygens (including phenoxy) is 1. The van der Waals surface area contributed by atoms with Gasteiger partial charge in [0.25, 0.3) is 5.69 Å². The summed E-state index contributed by atoms with van der Waals surface area (Å²) < 4.78 is 12.6. The summed E-state index contributed by atoms with van der Waals surface area (Å²) in [6.45, 7) is 6.41. The van der Waals surface area contributed by atoms with Crippen LogP contribution in [0.2, 0.25) is 5.04 Å². The van der Waals surface area contributed by atoms with E-state index in [2.05, 4.69) is 45.0 Å². The highest BCUT2D eigenvalue weighted by Gasteiger charge is 2.52. The fraction of sp³-hybridized carbons (Fsp3) is 0.269. The molecule has 3 aromatic carbocycles. The molecule has 0 aliphatic carbocycles. The van der Waals surface area contributed by atoms with Crippen molar-refractivity contribution in [2.24, 2.45) is 0 Å². The lowest BCUT2D eigenvalue weighted by Gasteiger charge is -2.43. The summed E-state index contributed by atoms with van der Waals surface area (Å²) in [5.41, 5.74) is 0.365. The summed E-state index contributed by atoms with van der Waals surface area (Å²) >= 11 is 0. The van der Waals surface area contributed by atoms with Crippen molar-refractivity contribution in [3.05, 3.63) is 88.5 Å². The van der Waals surface area contributed by atoms with E-state index in [1.165, 1.54) is 13.2 Å². The third kappa shape index (κ3) is 4.83. The van der Waals surface area contributed by atoms with Gasteiger partial charge in [-0.2, -0.15) is 0 Å². The first kappa shape index (κ1) is 24.2. The van der Waals surface area contributed by atoms with Crippen LogP contribution in [0.1, 0.15) is 32.8 Å². The zero-order valence-electron chi connectivity index (χ0n) is 19.4. The highest BCUT2D eigenvalue weighted by Crippen LogP contribution is 2.42. The minimum atomic E-state index is -3.00. The normalized spacial score (nSPS) is 11.6. The van der Waals surface area contributed by atoms with Gasteiger partial charge < -0.3 is 14.0 Å². The Morgan fingerprint density at radius 3 is 1.91 bits per heavy atom. The SMILES string of the molecule is COc1cc(CCC=O)c([N+](=O)[O-])cc1O[Si](c1ccccc1)(c1ccccc1)C(C)(C)C. The van der Waals surface area contributed by atoms with E-state index in [1.54, 1.807) is 6.07 Å². The van der Waals surface area contributed by atoms with Gasteiger partial charge in [-0.25, -0.2) is 0 Å². The lowest BCUT2D eigenvalue weighted by Crippen LogP contribution is -2.68. The zero-order valence-corrected chi connectivity index (χ0v) is 20.4. The van der Waals surface area contributed by atoms with Gasteiger partial charge in [-0.15, -0.1) is 0 Å². The van der Waals surface area contributed by atoms with E-state index in [0.717, 1.165) is 16.7 Å². The fourth-order valence-electron chi connectivity index (χ4n) is 4.23. The molecule has 6 nitrogen and oxygen atoms in total. The van der Waals surface area contributed by atoms with Gasteiger partial charge in [0.2, 0.25) is 0 Å². The van der Waals surface area contributed by atoms with Crippen LogP contribution in [-0.4, -0.2) is 26.6 Å². The molecule has 7 heteroatoms. The highest BCUT2D eigenvalue weighted by molar-refractivity contribution is 7.00. The van der Waals surface area contributed by atoms with Crippen LogP contribution in [0.15, 0.2) is 72.8 Å². The lowest BCUT2D eigenvalue weighted by molar-refractivity contribution is -0.385. The average molecular weight is 464 g/mol. The molecule has 33 heavy (non-hydrogen) atoms. The molecule has 3 aromatic rings. The third-order valence-electron chi connectivity index (χ3n) is 5.77. The molecular weight excluding hydrogens is 434 g/mol. The molecule has 0 atom stereocenters. The standard InChI is InChI=1S/C26H29NO5Si/c1-26(2,3)33(21-13-7-5-8-14-21,22-15-9-6-10-16-22)32-25-19-23(27(29)30)20(12-11-17-28)18-24(25)31-4/h5-10,13-19H,11-12H2,1-4H3. The topological polar surface area (TPSA) is 78.7 Å². The quantitative estimate of drug-likeness (QED) is 0.199. The molecule has 0 aliphatic rings. The minimum absolute atomic E-state index is 0.0782. The summed E-state index contributed by atoms with van der Waals surface area (Å²) in [7, 11) is -1.48. The van der Waals surface area contributed by atoms with Crippen LogP contribution in [0, 0.1) is 10.1 Å². The number of carbonyl (C=O) groups is 1. The van der Waals surface area contributed by atoms with Gasteiger partial charge in [0.1, 0.15) is 6.29 Å². The van der Waals surface area contributed by atoms with Crippen LogP contribution in [0.25, 0.3) is 0 Å². The number of hydrogen-bond acceptors (Lipinski definition) is 5. The number of nitro benzene ring substituents is 1. The first-order chi connectivity index (χ1) is 15.7. The van der Waals surface area contributed by atoms with Gasteiger partial charge in [0.15, 0.2) is 11.5 Å². The maximum atomic E-state index is 11.9. The first-order valence-corrected chi connectivity index (χ1v) is 12.7. The summed E-state index contributed by atoms with van der Waals surface area (Å²) in [6.07, 6.45) is 1.21. The van der Waals surface area contributed by atoms with Gasteiger partial charge >= 0.3 is 8.32 Å². The third-order valence-corrected chi connectivity index (χ3v) is 10.7. The van der Waals surface area contributed by atoms with E-state index in [9.17, 15) is 14.9 Å². The Morgan fingerprint density at radius 2 is 1.48 bits per heavy atom. The maximum Gasteiger partial charge on any atom is 0.320 e. The first-order valence-electron chi connectivity index (χ1n) is 10.8. The van der Waals surface area contributed by atoms with E-state index >= 15 is 0 Å². The number of nitro groups is 1. The van der Waals surface area contributed by atoms with E-state index in [0.29, 0.717) is 17.1 Å². The maximum absolute atomic E-state index is 11.9. The van der Waals surface area contributed by atoms with Crippen molar-refractivity contribution in [3.8, 4) is 11.5 Å².